The largest absolute Gasteiger partial charge is 0.496 e. The summed E-state index contributed by atoms with van der Waals surface area (Å²) in [6.07, 6.45) is 1.49. The van der Waals surface area contributed by atoms with Crippen molar-refractivity contribution in [2.75, 3.05) is 27.4 Å². The first-order valence-corrected chi connectivity index (χ1v) is 10.5. The van der Waals surface area contributed by atoms with Gasteiger partial charge in [-0.25, -0.2) is 4.98 Å². The Kier molecular flexibility index (Phi) is 6.73. The molecule has 0 bridgehead atoms. The summed E-state index contributed by atoms with van der Waals surface area (Å²) in [5.41, 5.74) is 3.21. The van der Waals surface area contributed by atoms with Gasteiger partial charge in [0.2, 0.25) is 0 Å². The number of hydrogen-bond donors (Lipinski definition) is 0. The van der Waals surface area contributed by atoms with E-state index in [1.54, 1.807) is 31.3 Å². The van der Waals surface area contributed by atoms with Crippen molar-refractivity contribution in [1.82, 2.24) is 9.88 Å². The average Bonchev–Trinajstić information content (AvgIpc) is 3.36. The van der Waals surface area contributed by atoms with Crippen LogP contribution < -0.4 is 4.74 Å². The molecule has 1 amide bonds. The van der Waals surface area contributed by atoms with Gasteiger partial charge in [-0.05, 0) is 48.0 Å². The number of fused-ring (bicyclic) bond motifs is 1. The molecule has 4 aromatic rings. The first-order chi connectivity index (χ1) is 15.6. The number of furan rings is 1. The molecule has 0 saturated carbocycles. The van der Waals surface area contributed by atoms with Gasteiger partial charge in [0.25, 0.3) is 5.91 Å². The zero-order chi connectivity index (χ0) is 22.5. The van der Waals surface area contributed by atoms with Gasteiger partial charge in [0, 0.05) is 36.2 Å². The molecule has 2 aromatic heterocycles. The van der Waals surface area contributed by atoms with E-state index < -0.39 is 0 Å². The first kappa shape index (κ1) is 21.9. The van der Waals surface area contributed by atoms with Gasteiger partial charge in [-0.2, -0.15) is 0 Å². The summed E-state index contributed by atoms with van der Waals surface area (Å²) in [6.45, 7) is 1.12. The fourth-order valence-electron chi connectivity index (χ4n) is 3.59. The van der Waals surface area contributed by atoms with E-state index in [1.165, 1.54) is 6.26 Å². The van der Waals surface area contributed by atoms with Crippen molar-refractivity contribution in [3.05, 3.63) is 83.3 Å². The van der Waals surface area contributed by atoms with Crippen LogP contribution in [0, 0.1) is 0 Å². The van der Waals surface area contributed by atoms with Crippen LogP contribution in [-0.4, -0.2) is 43.2 Å². The Bertz CT molecular complexity index is 1220. The van der Waals surface area contributed by atoms with Crippen LogP contribution in [-0.2, 0) is 11.3 Å². The molecule has 164 valence electrons. The summed E-state index contributed by atoms with van der Waals surface area (Å²) in [4.78, 5) is 19.7. The Morgan fingerprint density at radius 2 is 1.94 bits per heavy atom. The molecule has 0 spiro atoms. The monoisotopic (exact) mass is 450 g/mol. The zero-order valence-corrected chi connectivity index (χ0v) is 18.6. The number of halogens is 1. The van der Waals surface area contributed by atoms with Crippen LogP contribution in [0.1, 0.15) is 16.1 Å². The van der Waals surface area contributed by atoms with Gasteiger partial charge in [-0.15, -0.1) is 0 Å². The van der Waals surface area contributed by atoms with Crippen LogP contribution in [0.3, 0.4) is 0 Å². The molecule has 0 unspecified atom stereocenters. The fraction of sp³-hybridized carbons (Fsp3) is 0.200. The van der Waals surface area contributed by atoms with Crippen molar-refractivity contribution in [2.24, 2.45) is 0 Å². The number of benzene rings is 2. The Morgan fingerprint density at radius 1 is 1.09 bits per heavy atom. The molecule has 32 heavy (non-hydrogen) atoms. The van der Waals surface area contributed by atoms with Crippen molar-refractivity contribution in [1.29, 1.82) is 0 Å². The number of para-hydroxylation sites is 1. The highest BCUT2D eigenvalue weighted by Crippen LogP contribution is 2.34. The number of aromatic nitrogens is 1. The van der Waals surface area contributed by atoms with Crippen molar-refractivity contribution in [3.8, 4) is 17.0 Å². The molecule has 7 heteroatoms. The van der Waals surface area contributed by atoms with Gasteiger partial charge in [-0.3, -0.25) is 4.79 Å². The number of amides is 1. The minimum absolute atomic E-state index is 0.214. The van der Waals surface area contributed by atoms with E-state index in [1.807, 2.05) is 48.5 Å². The minimum atomic E-state index is -0.214. The molecule has 0 aliphatic heterocycles. The smallest absolute Gasteiger partial charge is 0.289 e. The van der Waals surface area contributed by atoms with E-state index in [4.69, 9.17) is 30.5 Å². The number of hydrogen-bond acceptors (Lipinski definition) is 5. The highest BCUT2D eigenvalue weighted by atomic mass is 35.5. The molecule has 0 saturated heterocycles. The Labute approximate surface area is 191 Å². The average molecular weight is 451 g/mol. The summed E-state index contributed by atoms with van der Waals surface area (Å²) >= 11 is 6.21. The molecule has 0 aliphatic rings. The maximum atomic E-state index is 13.1. The van der Waals surface area contributed by atoms with E-state index in [-0.39, 0.29) is 11.7 Å². The molecule has 2 heterocycles. The van der Waals surface area contributed by atoms with Crippen molar-refractivity contribution < 1.29 is 18.7 Å². The predicted octanol–water partition coefficient (Wildman–Crippen LogP) is 5.45. The maximum absolute atomic E-state index is 13.1. The third kappa shape index (κ3) is 4.61. The Balaban J connectivity index is 1.83. The molecule has 2 aromatic carbocycles. The van der Waals surface area contributed by atoms with E-state index in [2.05, 4.69) is 0 Å². The van der Waals surface area contributed by atoms with Crippen LogP contribution in [0.4, 0.5) is 0 Å². The number of pyridine rings is 1. The van der Waals surface area contributed by atoms with Gasteiger partial charge in [-0.1, -0.05) is 29.8 Å². The molecule has 4 rings (SSSR count). The zero-order valence-electron chi connectivity index (χ0n) is 17.9. The van der Waals surface area contributed by atoms with Crippen molar-refractivity contribution in [3.63, 3.8) is 0 Å². The Morgan fingerprint density at radius 3 is 2.69 bits per heavy atom. The van der Waals surface area contributed by atoms with E-state index in [0.717, 1.165) is 27.7 Å². The van der Waals surface area contributed by atoms with Crippen LogP contribution >= 0.6 is 11.6 Å². The summed E-state index contributed by atoms with van der Waals surface area (Å²) in [5.74, 6) is 0.762. The maximum Gasteiger partial charge on any atom is 0.289 e. The number of methoxy groups -OCH3 is 2. The van der Waals surface area contributed by atoms with Gasteiger partial charge < -0.3 is 18.8 Å². The lowest BCUT2D eigenvalue weighted by atomic mass is 10.0. The van der Waals surface area contributed by atoms with Crippen LogP contribution in [0.5, 0.6) is 5.75 Å². The summed E-state index contributed by atoms with van der Waals surface area (Å²) in [6, 6.07) is 18.7. The minimum Gasteiger partial charge on any atom is -0.496 e. The number of nitrogens with zero attached hydrogens (tertiary/aromatic N) is 2. The number of carbonyl (C=O) groups excluding carboxylic acids is 1. The fourth-order valence-corrected chi connectivity index (χ4v) is 3.76. The molecule has 0 fully saturated rings. The quantitative estimate of drug-likeness (QED) is 0.357. The summed E-state index contributed by atoms with van der Waals surface area (Å²) < 4.78 is 16.2. The van der Waals surface area contributed by atoms with Crippen molar-refractivity contribution >= 4 is 28.4 Å². The third-order valence-corrected chi connectivity index (χ3v) is 5.40. The Hall–Kier alpha value is -3.35. The molecule has 0 aliphatic carbocycles. The molecule has 6 nitrogen and oxygen atoms in total. The van der Waals surface area contributed by atoms with E-state index in [9.17, 15) is 4.79 Å². The SMILES string of the molecule is COCCN(Cc1cc2ccc(Cl)cc2nc1-c1ccccc1OC)C(=O)c1ccco1. The predicted molar refractivity (Wildman–Crippen MR) is 124 cm³/mol. The number of carbonyl (C=O) groups is 1. The highest BCUT2D eigenvalue weighted by molar-refractivity contribution is 6.31. The second-order valence-electron chi connectivity index (χ2n) is 7.23. The van der Waals surface area contributed by atoms with E-state index in [0.29, 0.717) is 30.5 Å². The van der Waals surface area contributed by atoms with Crippen LogP contribution in [0.15, 0.2) is 71.3 Å². The third-order valence-electron chi connectivity index (χ3n) is 5.17. The van der Waals surface area contributed by atoms with Crippen molar-refractivity contribution in [2.45, 2.75) is 6.54 Å². The van der Waals surface area contributed by atoms with Crippen LogP contribution in [0.25, 0.3) is 22.2 Å². The molecule has 0 N–H and O–H groups in total. The topological polar surface area (TPSA) is 64.8 Å². The lowest BCUT2D eigenvalue weighted by Crippen LogP contribution is -2.33. The van der Waals surface area contributed by atoms with Gasteiger partial charge in [0.1, 0.15) is 5.75 Å². The second kappa shape index (κ2) is 9.85. The number of ether oxygens (including phenoxy) is 2. The lowest BCUT2D eigenvalue weighted by Gasteiger charge is -2.23. The second-order valence-corrected chi connectivity index (χ2v) is 7.67. The lowest BCUT2D eigenvalue weighted by molar-refractivity contribution is 0.0649. The molecular formula is C25H23ClN2O4. The number of rotatable bonds is 8. The molecule has 0 atom stereocenters. The summed E-state index contributed by atoms with van der Waals surface area (Å²) in [5, 5.41) is 1.54. The van der Waals surface area contributed by atoms with Gasteiger partial charge in [0.15, 0.2) is 5.76 Å². The molecule has 0 radical (unpaired) electrons. The molecular weight excluding hydrogens is 428 g/mol. The normalized spacial score (nSPS) is 11.0. The summed E-state index contributed by atoms with van der Waals surface area (Å²) in [7, 11) is 3.23. The van der Waals surface area contributed by atoms with Crippen LogP contribution in [0.2, 0.25) is 5.02 Å². The van der Waals surface area contributed by atoms with E-state index >= 15 is 0 Å². The first-order valence-electron chi connectivity index (χ1n) is 10.1. The van der Waals surface area contributed by atoms with Gasteiger partial charge in [0.05, 0.1) is 31.2 Å². The van der Waals surface area contributed by atoms with Gasteiger partial charge >= 0.3 is 0 Å². The highest BCUT2D eigenvalue weighted by Gasteiger charge is 2.22. The standard InChI is InChI=1S/C25H23ClN2O4/c1-30-13-11-28(25(29)23-8-5-12-32-23)16-18-14-17-9-10-19(26)15-21(17)27-24(18)20-6-3-4-7-22(20)31-2/h3-10,12,14-15H,11,13,16H2,1-2H3.